The third-order valence-electron chi connectivity index (χ3n) is 2.93. The van der Waals surface area contributed by atoms with Gasteiger partial charge in [0.25, 0.3) is 0 Å². The van der Waals surface area contributed by atoms with E-state index in [2.05, 4.69) is 0 Å². The minimum absolute atomic E-state index is 0.183. The molecule has 1 rings (SSSR count). The quantitative estimate of drug-likeness (QED) is 0.708. The molecule has 88 valence electrons. The van der Waals surface area contributed by atoms with Gasteiger partial charge in [0, 0.05) is 18.6 Å². The summed E-state index contributed by atoms with van der Waals surface area (Å²) < 4.78 is 4.93. The van der Waals surface area contributed by atoms with Crippen molar-refractivity contribution in [3.8, 4) is 0 Å². The van der Waals surface area contributed by atoms with Crippen LogP contribution in [-0.2, 0) is 4.74 Å². The maximum atomic E-state index is 11.4. The lowest BCUT2D eigenvalue weighted by Gasteiger charge is -2.38. The third kappa shape index (κ3) is 3.35. The van der Waals surface area contributed by atoms with Crippen molar-refractivity contribution in [1.82, 2.24) is 4.90 Å². The topological polar surface area (TPSA) is 81.6 Å². The van der Waals surface area contributed by atoms with Crippen LogP contribution in [0, 0.1) is 0 Å². The summed E-state index contributed by atoms with van der Waals surface area (Å²) in [4.78, 5) is 13.1. The van der Waals surface area contributed by atoms with Gasteiger partial charge >= 0.3 is 6.09 Å². The SMILES string of the molecule is CCOC(=O)N1CCC(N)(CCN)CC1. The van der Waals surface area contributed by atoms with Crippen molar-refractivity contribution in [2.24, 2.45) is 11.5 Å². The molecule has 1 fully saturated rings. The number of carbonyl (C=O) groups excluding carboxylic acids is 1. The maximum Gasteiger partial charge on any atom is 0.409 e. The number of nitrogens with two attached hydrogens (primary N) is 2. The average molecular weight is 215 g/mol. The first-order valence-electron chi connectivity index (χ1n) is 5.52. The smallest absolute Gasteiger partial charge is 0.409 e. The largest absolute Gasteiger partial charge is 0.450 e. The molecule has 5 nitrogen and oxygen atoms in total. The minimum Gasteiger partial charge on any atom is -0.450 e. The van der Waals surface area contributed by atoms with Crippen LogP contribution in [0.4, 0.5) is 4.79 Å². The summed E-state index contributed by atoms with van der Waals surface area (Å²) in [6.45, 7) is 4.19. The van der Waals surface area contributed by atoms with Crippen molar-refractivity contribution < 1.29 is 9.53 Å². The molecule has 1 aliphatic rings. The van der Waals surface area contributed by atoms with Crippen LogP contribution in [0.15, 0.2) is 0 Å². The van der Waals surface area contributed by atoms with Gasteiger partial charge in [-0.3, -0.25) is 0 Å². The number of ether oxygens (including phenoxy) is 1. The molecule has 0 spiro atoms. The van der Waals surface area contributed by atoms with E-state index in [9.17, 15) is 4.79 Å². The molecule has 0 aromatic rings. The van der Waals surface area contributed by atoms with Crippen LogP contribution in [-0.4, -0.2) is 42.8 Å². The van der Waals surface area contributed by atoms with Gasteiger partial charge in [0.15, 0.2) is 0 Å². The molecule has 0 unspecified atom stereocenters. The van der Waals surface area contributed by atoms with Gasteiger partial charge in [-0.2, -0.15) is 0 Å². The minimum atomic E-state index is -0.229. The molecule has 1 heterocycles. The lowest BCUT2D eigenvalue weighted by Crippen LogP contribution is -2.52. The number of piperidine rings is 1. The summed E-state index contributed by atoms with van der Waals surface area (Å²) in [6, 6.07) is 0. The third-order valence-corrected chi connectivity index (χ3v) is 2.93. The summed E-state index contributed by atoms with van der Waals surface area (Å²) in [5.41, 5.74) is 11.5. The average Bonchev–Trinajstić information content (AvgIpc) is 2.19. The van der Waals surface area contributed by atoms with Gasteiger partial charge in [-0.1, -0.05) is 0 Å². The van der Waals surface area contributed by atoms with Crippen LogP contribution in [0.5, 0.6) is 0 Å². The molecule has 0 atom stereocenters. The van der Waals surface area contributed by atoms with E-state index in [0.717, 1.165) is 19.3 Å². The number of rotatable bonds is 3. The predicted octanol–water partition coefficient (Wildman–Crippen LogP) is 0.285. The van der Waals surface area contributed by atoms with E-state index in [1.165, 1.54) is 0 Å². The summed E-state index contributed by atoms with van der Waals surface area (Å²) in [5.74, 6) is 0. The summed E-state index contributed by atoms with van der Waals surface area (Å²) in [6.07, 6.45) is 2.21. The Morgan fingerprint density at radius 2 is 2.07 bits per heavy atom. The van der Waals surface area contributed by atoms with Crippen molar-refractivity contribution in [1.29, 1.82) is 0 Å². The zero-order chi connectivity index (χ0) is 11.3. The zero-order valence-electron chi connectivity index (χ0n) is 9.37. The van der Waals surface area contributed by atoms with Crippen LogP contribution >= 0.6 is 0 Å². The van der Waals surface area contributed by atoms with Crippen LogP contribution in [0.1, 0.15) is 26.2 Å². The molecule has 0 radical (unpaired) electrons. The highest BCUT2D eigenvalue weighted by atomic mass is 16.6. The van der Waals surface area contributed by atoms with Crippen LogP contribution in [0.25, 0.3) is 0 Å². The Morgan fingerprint density at radius 3 is 2.53 bits per heavy atom. The second kappa shape index (κ2) is 5.32. The molecule has 0 saturated carbocycles. The first-order valence-corrected chi connectivity index (χ1v) is 5.52. The van der Waals surface area contributed by atoms with Gasteiger partial charge in [0.2, 0.25) is 0 Å². The first kappa shape index (κ1) is 12.3. The van der Waals surface area contributed by atoms with Crippen molar-refractivity contribution in [3.05, 3.63) is 0 Å². The van der Waals surface area contributed by atoms with Crippen LogP contribution in [0.3, 0.4) is 0 Å². The van der Waals surface area contributed by atoms with Gasteiger partial charge < -0.3 is 21.1 Å². The summed E-state index contributed by atoms with van der Waals surface area (Å²) in [7, 11) is 0. The fourth-order valence-electron chi connectivity index (χ4n) is 1.89. The summed E-state index contributed by atoms with van der Waals surface area (Å²) in [5, 5.41) is 0. The normalized spacial score (nSPS) is 20.1. The van der Waals surface area contributed by atoms with Crippen molar-refractivity contribution in [2.75, 3.05) is 26.2 Å². The Kier molecular flexibility index (Phi) is 4.35. The van der Waals surface area contributed by atoms with E-state index in [1.807, 2.05) is 6.92 Å². The highest BCUT2D eigenvalue weighted by Gasteiger charge is 2.31. The number of amides is 1. The lowest BCUT2D eigenvalue weighted by atomic mass is 9.86. The standard InChI is InChI=1S/C10H21N3O2/c1-2-15-9(14)13-7-4-10(12,3-6-11)5-8-13/h2-8,11-12H2,1H3. The highest BCUT2D eigenvalue weighted by Crippen LogP contribution is 2.22. The molecule has 5 heteroatoms. The molecule has 4 N–H and O–H groups in total. The molecule has 0 aliphatic carbocycles. The Hall–Kier alpha value is -0.810. The fraction of sp³-hybridized carbons (Fsp3) is 0.900. The molecular weight excluding hydrogens is 194 g/mol. The van der Waals surface area contributed by atoms with Crippen molar-refractivity contribution in [2.45, 2.75) is 31.7 Å². The van der Waals surface area contributed by atoms with Gasteiger partial charge in [-0.15, -0.1) is 0 Å². The first-order chi connectivity index (χ1) is 7.11. The Morgan fingerprint density at radius 1 is 1.47 bits per heavy atom. The molecular formula is C10H21N3O2. The van der Waals surface area contributed by atoms with E-state index in [4.69, 9.17) is 16.2 Å². The van der Waals surface area contributed by atoms with Crippen molar-refractivity contribution in [3.63, 3.8) is 0 Å². The molecule has 15 heavy (non-hydrogen) atoms. The van der Waals surface area contributed by atoms with E-state index < -0.39 is 0 Å². The molecule has 0 aromatic carbocycles. The number of hydrogen-bond acceptors (Lipinski definition) is 4. The summed E-state index contributed by atoms with van der Waals surface area (Å²) >= 11 is 0. The van der Waals surface area contributed by atoms with E-state index in [0.29, 0.717) is 26.2 Å². The zero-order valence-corrected chi connectivity index (χ0v) is 9.37. The monoisotopic (exact) mass is 215 g/mol. The predicted molar refractivity (Wildman–Crippen MR) is 58.4 cm³/mol. The lowest BCUT2D eigenvalue weighted by molar-refractivity contribution is 0.0863. The highest BCUT2D eigenvalue weighted by molar-refractivity contribution is 5.67. The molecule has 0 bridgehead atoms. The van der Waals surface area contributed by atoms with Gasteiger partial charge in [0.1, 0.15) is 0 Å². The second-order valence-corrected chi connectivity index (χ2v) is 4.09. The van der Waals surface area contributed by atoms with Gasteiger partial charge in [0.05, 0.1) is 6.61 Å². The molecule has 1 amide bonds. The van der Waals surface area contributed by atoms with Crippen LogP contribution in [0.2, 0.25) is 0 Å². The van der Waals surface area contributed by atoms with E-state index in [-0.39, 0.29) is 11.6 Å². The van der Waals surface area contributed by atoms with Crippen molar-refractivity contribution >= 4 is 6.09 Å². The second-order valence-electron chi connectivity index (χ2n) is 4.09. The van der Waals surface area contributed by atoms with Gasteiger partial charge in [-0.25, -0.2) is 4.79 Å². The number of nitrogens with zero attached hydrogens (tertiary/aromatic N) is 1. The van der Waals surface area contributed by atoms with Crippen LogP contribution < -0.4 is 11.5 Å². The Bertz CT molecular complexity index is 213. The van der Waals surface area contributed by atoms with E-state index in [1.54, 1.807) is 4.90 Å². The molecule has 1 saturated heterocycles. The Labute approximate surface area is 90.7 Å². The van der Waals surface area contributed by atoms with E-state index >= 15 is 0 Å². The molecule has 1 aliphatic heterocycles. The maximum absolute atomic E-state index is 11.4. The number of carbonyl (C=O) groups is 1. The van der Waals surface area contributed by atoms with Gasteiger partial charge in [-0.05, 0) is 32.7 Å². The molecule has 0 aromatic heterocycles. The Balaban J connectivity index is 2.38. The number of likely N-dealkylation sites (tertiary alicyclic amines) is 1. The number of hydrogen-bond donors (Lipinski definition) is 2. The fourth-order valence-corrected chi connectivity index (χ4v) is 1.89.